The van der Waals surface area contributed by atoms with Gasteiger partial charge in [0.25, 0.3) is 6.01 Å². The van der Waals surface area contributed by atoms with Crippen molar-refractivity contribution in [3.63, 3.8) is 0 Å². The summed E-state index contributed by atoms with van der Waals surface area (Å²) in [4.78, 5) is 6.50. The summed E-state index contributed by atoms with van der Waals surface area (Å²) in [6.07, 6.45) is 0. The summed E-state index contributed by atoms with van der Waals surface area (Å²) in [6, 6.07) is 6.11. The summed E-state index contributed by atoms with van der Waals surface area (Å²) in [7, 11) is 0. The Morgan fingerprint density at radius 3 is 2.88 bits per heavy atom. The van der Waals surface area contributed by atoms with Gasteiger partial charge in [-0.3, -0.25) is 0 Å². The maximum atomic E-state index is 5.90. The summed E-state index contributed by atoms with van der Waals surface area (Å²) >= 11 is 5.90. The molecular weight excluding hydrogens is 228 g/mol. The summed E-state index contributed by atoms with van der Waals surface area (Å²) < 4.78 is 10.9. The summed E-state index contributed by atoms with van der Waals surface area (Å²) in [5.41, 5.74) is 1.57. The van der Waals surface area contributed by atoms with Crippen LogP contribution in [-0.4, -0.2) is 31.3 Å². The van der Waals surface area contributed by atoms with Crippen molar-refractivity contribution in [1.29, 1.82) is 0 Å². The smallest absolute Gasteiger partial charge is 0.298 e. The number of ether oxygens (including phenoxy) is 1. The molecule has 16 heavy (non-hydrogen) atoms. The van der Waals surface area contributed by atoms with Gasteiger partial charge < -0.3 is 14.1 Å². The van der Waals surface area contributed by atoms with Gasteiger partial charge in [0, 0.05) is 18.1 Å². The molecule has 0 radical (unpaired) electrons. The van der Waals surface area contributed by atoms with Gasteiger partial charge in [-0.2, -0.15) is 4.98 Å². The van der Waals surface area contributed by atoms with E-state index in [9.17, 15) is 0 Å². The zero-order valence-electron chi connectivity index (χ0n) is 8.65. The van der Waals surface area contributed by atoms with Crippen LogP contribution in [0.15, 0.2) is 22.6 Å². The minimum absolute atomic E-state index is 0.653. The molecule has 0 unspecified atom stereocenters. The minimum Gasteiger partial charge on any atom is -0.423 e. The van der Waals surface area contributed by atoms with E-state index in [0.717, 1.165) is 37.4 Å². The average molecular weight is 239 g/mol. The first-order chi connectivity index (χ1) is 7.83. The van der Waals surface area contributed by atoms with Crippen molar-refractivity contribution in [2.45, 2.75) is 0 Å². The molecule has 0 spiro atoms. The van der Waals surface area contributed by atoms with E-state index < -0.39 is 0 Å². The fraction of sp³-hybridized carbons (Fsp3) is 0.364. The number of fused-ring (bicyclic) bond motifs is 1. The largest absolute Gasteiger partial charge is 0.423 e. The molecule has 1 aromatic carbocycles. The van der Waals surface area contributed by atoms with E-state index in [2.05, 4.69) is 9.88 Å². The van der Waals surface area contributed by atoms with Crippen LogP contribution in [0.25, 0.3) is 11.1 Å². The lowest BCUT2D eigenvalue weighted by molar-refractivity contribution is 0.120. The van der Waals surface area contributed by atoms with Gasteiger partial charge >= 0.3 is 0 Å². The fourth-order valence-electron chi connectivity index (χ4n) is 1.78. The molecule has 0 bridgehead atoms. The molecule has 4 nitrogen and oxygen atoms in total. The first kappa shape index (κ1) is 9.93. The van der Waals surface area contributed by atoms with E-state index >= 15 is 0 Å². The number of hydrogen-bond acceptors (Lipinski definition) is 4. The van der Waals surface area contributed by atoms with Crippen LogP contribution in [-0.2, 0) is 4.74 Å². The molecule has 1 fully saturated rings. The first-order valence-electron chi connectivity index (χ1n) is 5.22. The monoisotopic (exact) mass is 238 g/mol. The van der Waals surface area contributed by atoms with Crippen LogP contribution in [0.4, 0.5) is 6.01 Å². The summed E-state index contributed by atoms with van der Waals surface area (Å²) in [6.45, 7) is 3.08. The lowest BCUT2D eigenvalue weighted by Crippen LogP contribution is -2.36. The quantitative estimate of drug-likeness (QED) is 0.764. The highest BCUT2D eigenvalue weighted by Gasteiger charge is 2.16. The Morgan fingerprint density at radius 1 is 1.25 bits per heavy atom. The molecule has 2 aromatic rings. The number of benzene rings is 1. The second kappa shape index (κ2) is 3.96. The number of halogens is 1. The predicted octanol–water partition coefficient (Wildman–Crippen LogP) is 2.32. The Balaban J connectivity index is 1.97. The molecule has 0 aliphatic carbocycles. The number of morpholine rings is 1. The molecule has 1 aliphatic rings. The molecule has 84 valence electrons. The molecule has 2 heterocycles. The van der Waals surface area contributed by atoms with Crippen LogP contribution in [0.2, 0.25) is 5.02 Å². The zero-order valence-corrected chi connectivity index (χ0v) is 9.41. The Hall–Kier alpha value is -1.26. The normalized spacial score (nSPS) is 16.9. The van der Waals surface area contributed by atoms with E-state index in [1.165, 1.54) is 0 Å². The van der Waals surface area contributed by atoms with E-state index in [4.69, 9.17) is 20.8 Å². The number of hydrogen-bond donors (Lipinski definition) is 0. The minimum atomic E-state index is 0.653. The maximum absolute atomic E-state index is 5.90. The third kappa shape index (κ3) is 1.74. The van der Waals surface area contributed by atoms with Crippen molar-refractivity contribution in [3.05, 3.63) is 23.2 Å². The fourth-order valence-corrected chi connectivity index (χ4v) is 1.94. The first-order valence-corrected chi connectivity index (χ1v) is 5.59. The van der Waals surface area contributed by atoms with Crippen LogP contribution in [0.3, 0.4) is 0 Å². The molecule has 1 aliphatic heterocycles. The number of rotatable bonds is 1. The van der Waals surface area contributed by atoms with Crippen LogP contribution in [0.5, 0.6) is 0 Å². The lowest BCUT2D eigenvalue weighted by Gasteiger charge is -2.24. The number of nitrogens with zero attached hydrogens (tertiary/aromatic N) is 2. The average Bonchev–Trinajstić information content (AvgIpc) is 2.73. The lowest BCUT2D eigenvalue weighted by atomic mass is 10.3. The molecule has 0 saturated carbocycles. The Kier molecular flexibility index (Phi) is 2.46. The van der Waals surface area contributed by atoms with Crippen LogP contribution in [0.1, 0.15) is 0 Å². The van der Waals surface area contributed by atoms with Crippen molar-refractivity contribution >= 4 is 28.7 Å². The van der Waals surface area contributed by atoms with Crippen LogP contribution >= 0.6 is 11.6 Å². The van der Waals surface area contributed by atoms with E-state index in [0.29, 0.717) is 11.0 Å². The Bertz CT molecular complexity index is 506. The second-order valence-electron chi connectivity index (χ2n) is 3.71. The van der Waals surface area contributed by atoms with Crippen molar-refractivity contribution in [2.75, 3.05) is 31.2 Å². The molecule has 0 amide bonds. The van der Waals surface area contributed by atoms with Crippen molar-refractivity contribution < 1.29 is 9.15 Å². The SMILES string of the molecule is Clc1ccc2oc(N3CCOCC3)nc2c1. The molecule has 1 saturated heterocycles. The number of anilines is 1. The highest BCUT2D eigenvalue weighted by molar-refractivity contribution is 6.31. The molecule has 0 N–H and O–H groups in total. The van der Waals surface area contributed by atoms with Gasteiger partial charge in [-0.05, 0) is 18.2 Å². The van der Waals surface area contributed by atoms with Gasteiger partial charge in [0.05, 0.1) is 13.2 Å². The number of aromatic nitrogens is 1. The van der Waals surface area contributed by atoms with E-state index in [1.807, 2.05) is 12.1 Å². The molecule has 1 aromatic heterocycles. The van der Waals surface area contributed by atoms with Crippen LogP contribution in [0, 0.1) is 0 Å². The van der Waals surface area contributed by atoms with Crippen LogP contribution < -0.4 is 4.90 Å². The Morgan fingerprint density at radius 2 is 2.06 bits per heavy atom. The molecule has 5 heteroatoms. The predicted molar refractivity (Wildman–Crippen MR) is 62.1 cm³/mol. The van der Waals surface area contributed by atoms with Gasteiger partial charge in [0.15, 0.2) is 5.58 Å². The topological polar surface area (TPSA) is 38.5 Å². The Labute approximate surface area is 97.8 Å². The van der Waals surface area contributed by atoms with Gasteiger partial charge in [-0.15, -0.1) is 0 Å². The standard InChI is InChI=1S/C11H11ClN2O2/c12-8-1-2-10-9(7-8)13-11(16-10)14-3-5-15-6-4-14/h1-2,7H,3-6H2. The molecule has 3 rings (SSSR count). The van der Waals surface area contributed by atoms with Gasteiger partial charge in [-0.1, -0.05) is 11.6 Å². The van der Waals surface area contributed by atoms with Gasteiger partial charge in [-0.25, -0.2) is 0 Å². The van der Waals surface area contributed by atoms with Crippen molar-refractivity contribution in [3.8, 4) is 0 Å². The van der Waals surface area contributed by atoms with Gasteiger partial charge in [0.1, 0.15) is 5.52 Å². The van der Waals surface area contributed by atoms with Crippen molar-refractivity contribution in [1.82, 2.24) is 4.98 Å². The van der Waals surface area contributed by atoms with E-state index in [1.54, 1.807) is 6.07 Å². The molecular formula is C11H11ClN2O2. The van der Waals surface area contributed by atoms with E-state index in [-0.39, 0.29) is 0 Å². The highest BCUT2D eigenvalue weighted by Crippen LogP contribution is 2.24. The third-order valence-electron chi connectivity index (χ3n) is 2.62. The zero-order chi connectivity index (χ0) is 11.0. The third-order valence-corrected chi connectivity index (χ3v) is 2.86. The maximum Gasteiger partial charge on any atom is 0.298 e. The number of oxazole rings is 1. The molecule has 0 atom stereocenters. The summed E-state index contributed by atoms with van der Waals surface area (Å²) in [5.74, 6) is 0. The second-order valence-corrected chi connectivity index (χ2v) is 4.14. The highest BCUT2D eigenvalue weighted by atomic mass is 35.5. The van der Waals surface area contributed by atoms with Crippen molar-refractivity contribution in [2.24, 2.45) is 0 Å². The summed E-state index contributed by atoms with van der Waals surface area (Å²) in [5, 5.41) is 0.675. The van der Waals surface area contributed by atoms with Gasteiger partial charge in [0.2, 0.25) is 0 Å².